The Morgan fingerprint density at radius 3 is 2.90 bits per heavy atom. The van der Waals surface area contributed by atoms with E-state index < -0.39 is 0 Å². The first kappa shape index (κ1) is 12.9. The number of aromatic nitrogens is 4. The molecule has 1 saturated heterocycles. The van der Waals surface area contributed by atoms with Crippen LogP contribution in [0.25, 0.3) is 0 Å². The minimum absolute atomic E-state index is 0.00190. The normalized spacial score (nSPS) is 19.1. The Morgan fingerprint density at radius 1 is 1.20 bits per heavy atom. The van der Waals surface area contributed by atoms with Crippen molar-refractivity contribution in [2.75, 3.05) is 24.7 Å². The van der Waals surface area contributed by atoms with E-state index in [1.165, 1.54) is 0 Å². The van der Waals surface area contributed by atoms with Crippen LogP contribution in [0.1, 0.15) is 23.3 Å². The van der Waals surface area contributed by atoms with Gasteiger partial charge in [0.2, 0.25) is 0 Å². The third-order valence-electron chi connectivity index (χ3n) is 3.32. The summed E-state index contributed by atoms with van der Waals surface area (Å²) < 4.78 is 5.59. The zero-order chi connectivity index (χ0) is 13.9. The van der Waals surface area contributed by atoms with Gasteiger partial charge in [0.05, 0.1) is 13.2 Å². The van der Waals surface area contributed by atoms with Gasteiger partial charge >= 0.3 is 0 Å². The van der Waals surface area contributed by atoms with E-state index in [0.717, 1.165) is 29.6 Å². The van der Waals surface area contributed by atoms with Crippen LogP contribution in [0.4, 0.5) is 5.82 Å². The molecule has 2 aromatic rings. The van der Waals surface area contributed by atoms with E-state index in [1.54, 1.807) is 12.5 Å². The molecular weight excluding hydrogens is 254 g/mol. The van der Waals surface area contributed by atoms with Gasteiger partial charge in [0.1, 0.15) is 18.2 Å². The predicted octanol–water partition coefficient (Wildman–Crippen LogP) is 1.46. The molecule has 3 rings (SSSR count). The van der Waals surface area contributed by atoms with Crippen molar-refractivity contribution in [2.24, 2.45) is 0 Å². The van der Waals surface area contributed by atoms with Crippen LogP contribution in [0.15, 0.2) is 24.7 Å². The molecule has 6 heteroatoms. The zero-order valence-electron chi connectivity index (χ0n) is 11.7. The first-order valence-corrected chi connectivity index (χ1v) is 6.66. The van der Waals surface area contributed by atoms with E-state index in [4.69, 9.17) is 4.74 Å². The summed E-state index contributed by atoms with van der Waals surface area (Å²) in [5, 5.41) is 0. The standard InChI is InChI=1S/C14H17N5O/c1-10-3-4-15-14(18-10)12-8-20-6-5-19(12)13-7-11(2)16-9-17-13/h3-4,7,9,12H,5-6,8H2,1-2H3/t12-/m1/s1. The van der Waals surface area contributed by atoms with Crippen molar-refractivity contribution < 1.29 is 4.74 Å². The average molecular weight is 271 g/mol. The molecule has 0 radical (unpaired) electrons. The molecule has 0 unspecified atom stereocenters. The van der Waals surface area contributed by atoms with Crippen molar-refractivity contribution in [3.8, 4) is 0 Å². The number of nitrogens with zero attached hydrogens (tertiary/aromatic N) is 5. The molecule has 1 fully saturated rings. The minimum atomic E-state index is -0.00190. The number of anilines is 1. The van der Waals surface area contributed by atoms with Crippen LogP contribution in [0.5, 0.6) is 0 Å². The summed E-state index contributed by atoms with van der Waals surface area (Å²) in [7, 11) is 0. The predicted molar refractivity (Wildman–Crippen MR) is 74.4 cm³/mol. The van der Waals surface area contributed by atoms with Gasteiger partial charge in [0.25, 0.3) is 0 Å². The van der Waals surface area contributed by atoms with Crippen LogP contribution in [0.3, 0.4) is 0 Å². The van der Waals surface area contributed by atoms with Crippen molar-refractivity contribution in [1.82, 2.24) is 19.9 Å². The van der Waals surface area contributed by atoms with Gasteiger partial charge in [-0.1, -0.05) is 0 Å². The Morgan fingerprint density at radius 2 is 2.10 bits per heavy atom. The lowest BCUT2D eigenvalue weighted by atomic mass is 10.2. The van der Waals surface area contributed by atoms with Crippen molar-refractivity contribution in [1.29, 1.82) is 0 Å². The van der Waals surface area contributed by atoms with Crippen LogP contribution in [0.2, 0.25) is 0 Å². The maximum Gasteiger partial charge on any atom is 0.153 e. The van der Waals surface area contributed by atoms with Crippen LogP contribution in [0, 0.1) is 13.8 Å². The molecule has 1 aliphatic rings. The highest BCUT2D eigenvalue weighted by molar-refractivity contribution is 5.41. The van der Waals surface area contributed by atoms with Gasteiger partial charge in [-0.25, -0.2) is 19.9 Å². The maximum absolute atomic E-state index is 5.59. The highest BCUT2D eigenvalue weighted by atomic mass is 16.5. The number of morpholine rings is 1. The molecule has 0 saturated carbocycles. The van der Waals surface area contributed by atoms with Crippen LogP contribution >= 0.6 is 0 Å². The molecule has 0 amide bonds. The van der Waals surface area contributed by atoms with Gasteiger partial charge in [-0.2, -0.15) is 0 Å². The summed E-state index contributed by atoms with van der Waals surface area (Å²) in [6.45, 7) is 5.97. The molecule has 6 nitrogen and oxygen atoms in total. The summed E-state index contributed by atoms with van der Waals surface area (Å²) >= 11 is 0. The van der Waals surface area contributed by atoms with E-state index in [0.29, 0.717) is 13.2 Å². The highest BCUT2D eigenvalue weighted by Crippen LogP contribution is 2.26. The number of ether oxygens (including phenoxy) is 1. The molecular formula is C14H17N5O. The van der Waals surface area contributed by atoms with E-state index in [-0.39, 0.29) is 6.04 Å². The Bertz CT molecular complexity index is 550. The van der Waals surface area contributed by atoms with Crippen LogP contribution < -0.4 is 4.90 Å². The molecule has 0 N–H and O–H groups in total. The van der Waals surface area contributed by atoms with E-state index >= 15 is 0 Å². The fourth-order valence-corrected chi connectivity index (χ4v) is 2.32. The van der Waals surface area contributed by atoms with Gasteiger partial charge in [0.15, 0.2) is 5.82 Å². The van der Waals surface area contributed by atoms with E-state index in [9.17, 15) is 0 Å². The molecule has 3 heterocycles. The molecule has 20 heavy (non-hydrogen) atoms. The second-order valence-corrected chi connectivity index (χ2v) is 4.86. The lowest BCUT2D eigenvalue weighted by Crippen LogP contribution is -2.41. The fraction of sp³-hybridized carbons (Fsp3) is 0.429. The number of rotatable bonds is 2. The smallest absolute Gasteiger partial charge is 0.153 e. The first-order chi connectivity index (χ1) is 9.74. The largest absolute Gasteiger partial charge is 0.377 e. The quantitative estimate of drug-likeness (QED) is 0.824. The number of aryl methyl sites for hydroxylation is 2. The van der Waals surface area contributed by atoms with E-state index in [2.05, 4.69) is 24.8 Å². The monoisotopic (exact) mass is 271 g/mol. The van der Waals surface area contributed by atoms with Crippen LogP contribution in [-0.2, 0) is 4.74 Å². The minimum Gasteiger partial charge on any atom is -0.377 e. The third kappa shape index (κ3) is 2.60. The molecule has 2 aromatic heterocycles. The zero-order valence-corrected chi connectivity index (χ0v) is 11.7. The first-order valence-electron chi connectivity index (χ1n) is 6.66. The van der Waals surface area contributed by atoms with Crippen molar-refractivity contribution >= 4 is 5.82 Å². The Labute approximate surface area is 117 Å². The van der Waals surface area contributed by atoms with Gasteiger partial charge in [-0.15, -0.1) is 0 Å². The van der Waals surface area contributed by atoms with Crippen molar-refractivity contribution in [2.45, 2.75) is 19.9 Å². The van der Waals surface area contributed by atoms with E-state index in [1.807, 2.05) is 26.0 Å². The lowest BCUT2D eigenvalue weighted by Gasteiger charge is -2.35. The topological polar surface area (TPSA) is 64.0 Å². The maximum atomic E-state index is 5.59. The Hall–Kier alpha value is -2.08. The molecule has 1 aliphatic heterocycles. The van der Waals surface area contributed by atoms with Gasteiger partial charge in [-0.05, 0) is 19.9 Å². The third-order valence-corrected chi connectivity index (χ3v) is 3.32. The lowest BCUT2D eigenvalue weighted by molar-refractivity contribution is 0.0912. The summed E-state index contributed by atoms with van der Waals surface area (Å²) in [5.74, 6) is 1.68. The SMILES string of the molecule is Cc1cc(N2CCOC[C@@H]2c2nccc(C)n2)ncn1. The Balaban J connectivity index is 1.95. The Kier molecular flexibility index (Phi) is 3.56. The fourth-order valence-electron chi connectivity index (χ4n) is 2.32. The number of hydrogen-bond acceptors (Lipinski definition) is 6. The molecule has 1 atom stereocenters. The summed E-state index contributed by atoms with van der Waals surface area (Å²) in [4.78, 5) is 19.6. The summed E-state index contributed by atoms with van der Waals surface area (Å²) in [5.41, 5.74) is 1.91. The van der Waals surface area contributed by atoms with Gasteiger partial charge < -0.3 is 9.64 Å². The summed E-state index contributed by atoms with van der Waals surface area (Å²) in [6, 6.07) is 3.87. The van der Waals surface area contributed by atoms with Crippen molar-refractivity contribution in [3.05, 3.63) is 41.9 Å². The van der Waals surface area contributed by atoms with Crippen molar-refractivity contribution in [3.63, 3.8) is 0 Å². The molecule has 0 bridgehead atoms. The average Bonchev–Trinajstić information content (AvgIpc) is 2.47. The summed E-state index contributed by atoms with van der Waals surface area (Å²) in [6.07, 6.45) is 3.38. The second-order valence-electron chi connectivity index (χ2n) is 4.86. The highest BCUT2D eigenvalue weighted by Gasteiger charge is 2.28. The molecule has 0 spiro atoms. The number of hydrogen-bond donors (Lipinski definition) is 0. The second kappa shape index (κ2) is 5.50. The molecule has 0 aliphatic carbocycles. The molecule has 104 valence electrons. The molecule has 0 aromatic carbocycles. The van der Waals surface area contributed by atoms with Crippen LogP contribution in [-0.4, -0.2) is 39.7 Å². The van der Waals surface area contributed by atoms with Gasteiger partial charge in [-0.3, -0.25) is 0 Å². The van der Waals surface area contributed by atoms with Gasteiger partial charge in [0, 0.05) is 30.2 Å².